The second-order valence-electron chi connectivity index (χ2n) is 11.0. The lowest BCUT2D eigenvalue weighted by atomic mass is 9.93. The van der Waals surface area contributed by atoms with E-state index in [9.17, 15) is 26.8 Å². The van der Waals surface area contributed by atoms with Crippen LogP contribution in [0.3, 0.4) is 0 Å². The minimum atomic E-state index is -3.70. The quantitative estimate of drug-likeness (QED) is 0.279. The highest BCUT2D eigenvalue weighted by molar-refractivity contribution is 7.92. The molecule has 0 bridgehead atoms. The fraction of sp³-hybridized carbons (Fsp3) is 0.250. The predicted octanol–water partition coefficient (Wildman–Crippen LogP) is 5.25. The van der Waals surface area contributed by atoms with Crippen molar-refractivity contribution in [2.45, 2.75) is 12.3 Å². The molecule has 1 aliphatic heterocycles. The summed E-state index contributed by atoms with van der Waals surface area (Å²) in [6.45, 7) is 0.666. The lowest BCUT2D eigenvalue weighted by molar-refractivity contribution is 0.0781. The Morgan fingerprint density at radius 2 is 1.77 bits per heavy atom. The van der Waals surface area contributed by atoms with E-state index in [4.69, 9.17) is 4.42 Å². The van der Waals surface area contributed by atoms with Crippen molar-refractivity contribution >= 4 is 49.4 Å². The number of rotatable bonds is 6. The van der Waals surface area contributed by atoms with Crippen LogP contribution in [-0.2, 0) is 17.1 Å². The van der Waals surface area contributed by atoms with Crippen LogP contribution in [0.15, 0.2) is 65.1 Å². The third-order valence-corrected chi connectivity index (χ3v) is 9.59. The van der Waals surface area contributed by atoms with Gasteiger partial charge in [0.1, 0.15) is 28.7 Å². The van der Waals surface area contributed by atoms with Gasteiger partial charge in [-0.3, -0.25) is 13.9 Å². The summed E-state index contributed by atoms with van der Waals surface area (Å²) in [6, 6.07) is 15.1. The van der Waals surface area contributed by atoms with Crippen LogP contribution in [0.1, 0.15) is 38.7 Å². The van der Waals surface area contributed by atoms with Crippen LogP contribution in [0.5, 0.6) is 0 Å². The first-order valence-corrected chi connectivity index (χ1v) is 15.8. The molecule has 44 heavy (non-hydrogen) atoms. The Morgan fingerprint density at radius 3 is 2.43 bits per heavy atom. The molecular weight excluding hydrogens is 590 g/mol. The summed E-state index contributed by atoms with van der Waals surface area (Å²) in [5, 5.41) is 3.44. The maximum atomic E-state index is 14.4. The number of aryl methyl sites for hydroxylation is 1. The van der Waals surface area contributed by atoms with Crippen molar-refractivity contribution in [1.29, 1.82) is 0 Å². The third kappa shape index (κ3) is 4.88. The highest BCUT2D eigenvalue weighted by Gasteiger charge is 2.34. The number of sulfonamides is 1. The highest BCUT2D eigenvalue weighted by Crippen LogP contribution is 2.42. The molecule has 2 aromatic heterocycles. The Labute approximate surface area is 252 Å². The van der Waals surface area contributed by atoms with Gasteiger partial charge in [0.05, 0.1) is 23.0 Å². The molecule has 1 N–H and O–H groups in total. The Kier molecular flexibility index (Phi) is 7.19. The van der Waals surface area contributed by atoms with E-state index < -0.39 is 27.6 Å². The Bertz CT molecular complexity index is 2070. The summed E-state index contributed by atoms with van der Waals surface area (Å²) in [5.74, 6) is -1.61. The fourth-order valence-corrected chi connectivity index (χ4v) is 6.49. The molecule has 0 unspecified atom stereocenters. The van der Waals surface area contributed by atoms with Gasteiger partial charge in [-0.1, -0.05) is 6.07 Å². The van der Waals surface area contributed by atoms with Crippen molar-refractivity contribution in [3.63, 3.8) is 0 Å². The maximum Gasteiger partial charge on any atom is 0.270 e. The molecule has 0 radical (unpaired) electrons. The van der Waals surface area contributed by atoms with E-state index in [1.54, 1.807) is 46.8 Å². The van der Waals surface area contributed by atoms with Crippen LogP contribution >= 0.6 is 0 Å². The van der Waals surface area contributed by atoms with Crippen LogP contribution in [0.2, 0.25) is 0 Å². The van der Waals surface area contributed by atoms with Crippen LogP contribution in [0.4, 0.5) is 14.5 Å². The summed E-state index contributed by atoms with van der Waals surface area (Å²) < 4.78 is 62.5. The van der Waals surface area contributed by atoms with Gasteiger partial charge in [-0.15, -0.1) is 0 Å². The molecule has 3 aromatic carbocycles. The lowest BCUT2D eigenvalue weighted by Gasteiger charge is -2.24. The topological polar surface area (TPSA) is 105 Å². The molecule has 1 aliphatic rings. The highest BCUT2D eigenvalue weighted by atomic mass is 32.2. The van der Waals surface area contributed by atoms with E-state index in [1.807, 2.05) is 0 Å². The molecule has 2 amide bonds. The average molecular weight is 621 g/mol. The number of anilines is 1. The van der Waals surface area contributed by atoms with Crippen LogP contribution < -0.4 is 9.62 Å². The molecule has 0 saturated carbocycles. The van der Waals surface area contributed by atoms with Crippen molar-refractivity contribution < 1.29 is 31.2 Å². The number of carbonyl (C=O) groups excluding carboxylic acids is 2. The number of furan rings is 1. The van der Waals surface area contributed by atoms with Crippen molar-refractivity contribution in [2.24, 2.45) is 7.05 Å². The van der Waals surface area contributed by atoms with Crippen molar-refractivity contribution in [3.05, 3.63) is 89.1 Å². The Morgan fingerprint density at radius 1 is 1.05 bits per heavy atom. The normalized spacial score (nSPS) is 15.3. The number of carbonyl (C=O) groups is 2. The maximum absolute atomic E-state index is 14.4. The molecule has 5 aromatic rings. The van der Waals surface area contributed by atoms with Gasteiger partial charge in [0, 0.05) is 62.6 Å². The molecule has 9 nitrogen and oxygen atoms in total. The summed E-state index contributed by atoms with van der Waals surface area (Å²) in [6.07, 6.45) is 1.62. The van der Waals surface area contributed by atoms with Gasteiger partial charge < -0.3 is 19.2 Å². The minimum absolute atomic E-state index is 0.218. The first kappa shape index (κ1) is 29.4. The first-order valence-electron chi connectivity index (χ1n) is 13.9. The van der Waals surface area contributed by atoms with Crippen molar-refractivity contribution in [2.75, 3.05) is 37.7 Å². The molecule has 0 spiro atoms. The number of amides is 2. The number of nitrogens with one attached hydrogen (secondary N) is 1. The zero-order valence-electron chi connectivity index (χ0n) is 24.5. The summed E-state index contributed by atoms with van der Waals surface area (Å²) in [5.41, 5.74) is 2.91. The van der Waals surface area contributed by atoms with Gasteiger partial charge in [-0.25, -0.2) is 17.2 Å². The number of aromatic nitrogens is 1. The second kappa shape index (κ2) is 10.8. The average Bonchev–Trinajstić information content (AvgIpc) is 3.72. The molecule has 3 heterocycles. The van der Waals surface area contributed by atoms with Gasteiger partial charge in [0.15, 0.2) is 0 Å². The van der Waals surface area contributed by atoms with Crippen molar-refractivity contribution in [1.82, 2.24) is 14.8 Å². The molecule has 12 heteroatoms. The Balaban J connectivity index is 1.45. The number of halogens is 2. The predicted molar refractivity (Wildman–Crippen MR) is 164 cm³/mol. The van der Waals surface area contributed by atoms with Crippen LogP contribution in [-0.4, -0.2) is 63.1 Å². The standard InChI is InChI=1S/C32H30F2N4O5S/c1-35-31(39)29-23-14-21(19-12-13-38(17-19)32(40)27-15-22-24(34)6-5-7-25(22)36(27)2)26(37(3)44(4,41)42)16-28(23)43-30(29)18-8-10-20(33)11-9-18/h5-11,14-16,19H,12-13,17H2,1-4H3,(H,35,39)/t19-/m0/s1. The molecule has 1 fully saturated rings. The van der Waals surface area contributed by atoms with Gasteiger partial charge in [0.25, 0.3) is 11.8 Å². The number of hydrogen-bond donors (Lipinski definition) is 1. The first-order chi connectivity index (χ1) is 20.9. The monoisotopic (exact) mass is 620 g/mol. The molecule has 0 aliphatic carbocycles. The van der Waals surface area contributed by atoms with Gasteiger partial charge >= 0.3 is 0 Å². The zero-order chi connectivity index (χ0) is 31.5. The Hall–Kier alpha value is -4.71. The molecular formula is C32H30F2N4O5S. The van der Waals surface area contributed by atoms with E-state index in [0.717, 1.165) is 10.6 Å². The van der Waals surface area contributed by atoms with Gasteiger partial charge in [0.2, 0.25) is 10.0 Å². The van der Waals surface area contributed by atoms with E-state index >= 15 is 0 Å². The number of benzene rings is 3. The van der Waals surface area contributed by atoms with E-state index in [2.05, 4.69) is 5.32 Å². The van der Waals surface area contributed by atoms with Gasteiger partial charge in [-0.2, -0.15) is 0 Å². The summed E-state index contributed by atoms with van der Waals surface area (Å²) >= 11 is 0. The summed E-state index contributed by atoms with van der Waals surface area (Å²) in [7, 11) is 0.936. The number of fused-ring (bicyclic) bond motifs is 2. The fourth-order valence-electron chi connectivity index (χ4n) is 5.97. The largest absolute Gasteiger partial charge is 0.455 e. The third-order valence-electron chi connectivity index (χ3n) is 8.40. The zero-order valence-corrected chi connectivity index (χ0v) is 25.3. The molecule has 228 valence electrons. The van der Waals surface area contributed by atoms with Crippen LogP contribution in [0.25, 0.3) is 33.2 Å². The number of likely N-dealkylation sites (tertiary alicyclic amines) is 1. The van der Waals surface area contributed by atoms with Crippen molar-refractivity contribution in [3.8, 4) is 11.3 Å². The number of nitrogens with zero attached hydrogens (tertiary/aromatic N) is 3. The number of hydrogen-bond acceptors (Lipinski definition) is 5. The summed E-state index contributed by atoms with van der Waals surface area (Å²) in [4.78, 5) is 28.5. The second-order valence-corrected chi connectivity index (χ2v) is 13.0. The molecule has 1 atom stereocenters. The van der Waals surface area contributed by atoms with E-state index in [0.29, 0.717) is 51.8 Å². The van der Waals surface area contributed by atoms with Gasteiger partial charge in [-0.05, 0) is 60.5 Å². The van der Waals surface area contributed by atoms with Crippen LogP contribution in [0, 0.1) is 11.6 Å². The van der Waals surface area contributed by atoms with E-state index in [-0.39, 0.29) is 35.3 Å². The smallest absolute Gasteiger partial charge is 0.270 e. The molecule has 6 rings (SSSR count). The minimum Gasteiger partial charge on any atom is -0.455 e. The SMILES string of the molecule is CNC(=O)c1c(-c2ccc(F)cc2)oc2cc(N(C)S(C)(=O)=O)c([C@H]3CCN(C(=O)c4cc5c(F)cccc5n4C)C3)cc12. The lowest BCUT2D eigenvalue weighted by Crippen LogP contribution is -2.30. The van der Waals surface area contributed by atoms with E-state index in [1.165, 1.54) is 44.4 Å². The molecule has 1 saturated heterocycles.